The molecule has 2 N–H and O–H groups in total. The molecule has 2 fully saturated rings. The van der Waals surface area contributed by atoms with Gasteiger partial charge in [0.15, 0.2) is 11.6 Å². The number of rotatable bonds is 5. The highest BCUT2D eigenvalue weighted by atomic mass is 35.5. The zero-order valence-corrected chi connectivity index (χ0v) is 16.9. The Hall–Kier alpha value is -2.25. The number of halogens is 1. The number of ether oxygens (including phenoxy) is 1. The molecule has 1 aromatic heterocycles. The first-order valence-electron chi connectivity index (χ1n) is 9.67. The molecule has 2 saturated heterocycles. The van der Waals surface area contributed by atoms with Crippen LogP contribution in [0.2, 0.25) is 0 Å². The highest BCUT2D eigenvalue weighted by Gasteiger charge is 2.30. The molecule has 8 heteroatoms. The number of piperidine rings is 1. The first-order chi connectivity index (χ1) is 13.3. The largest absolute Gasteiger partial charge is 0.497 e. The molecular weight excluding hydrogens is 380 g/mol. The quantitative estimate of drug-likeness (QED) is 0.794. The molecule has 0 radical (unpaired) electrons. The first-order valence-corrected chi connectivity index (χ1v) is 9.67. The fourth-order valence-corrected chi connectivity index (χ4v) is 3.79. The maximum Gasteiger partial charge on any atom is 0.259 e. The second-order valence-corrected chi connectivity index (χ2v) is 7.13. The van der Waals surface area contributed by atoms with Crippen LogP contribution in [0.1, 0.15) is 36.0 Å². The van der Waals surface area contributed by atoms with E-state index in [4.69, 9.17) is 9.26 Å². The molecule has 2 aliphatic rings. The average Bonchev–Trinajstić information content (AvgIpc) is 3.38. The summed E-state index contributed by atoms with van der Waals surface area (Å²) >= 11 is 0. The SMILES string of the molecule is COc1ccc(-c2onc(N3CCCC3)c2C(=O)NC2CCNCC2)cc1.Cl. The number of aromatic nitrogens is 1. The number of carbonyl (C=O) groups excluding carboxylic acids is 1. The number of benzene rings is 1. The summed E-state index contributed by atoms with van der Waals surface area (Å²) in [7, 11) is 1.63. The summed E-state index contributed by atoms with van der Waals surface area (Å²) in [5.74, 6) is 1.84. The van der Waals surface area contributed by atoms with Gasteiger partial charge in [-0.05, 0) is 63.0 Å². The Bertz CT molecular complexity index is 781. The van der Waals surface area contributed by atoms with Gasteiger partial charge in [-0.3, -0.25) is 4.79 Å². The molecule has 2 aliphatic heterocycles. The normalized spacial score (nSPS) is 17.2. The van der Waals surface area contributed by atoms with Crippen LogP contribution >= 0.6 is 12.4 Å². The molecule has 0 saturated carbocycles. The molecule has 0 aliphatic carbocycles. The highest BCUT2D eigenvalue weighted by Crippen LogP contribution is 2.34. The number of methoxy groups -OCH3 is 1. The molecule has 1 amide bonds. The Morgan fingerprint density at radius 1 is 1.21 bits per heavy atom. The molecule has 7 nitrogen and oxygen atoms in total. The Morgan fingerprint density at radius 3 is 2.54 bits per heavy atom. The summed E-state index contributed by atoms with van der Waals surface area (Å²) in [5.41, 5.74) is 1.37. The lowest BCUT2D eigenvalue weighted by Crippen LogP contribution is -2.43. The van der Waals surface area contributed by atoms with Gasteiger partial charge in [0.25, 0.3) is 5.91 Å². The summed E-state index contributed by atoms with van der Waals surface area (Å²) in [6.07, 6.45) is 4.10. The van der Waals surface area contributed by atoms with Crippen molar-refractivity contribution in [3.8, 4) is 17.1 Å². The van der Waals surface area contributed by atoms with E-state index in [0.29, 0.717) is 17.1 Å². The van der Waals surface area contributed by atoms with Gasteiger partial charge < -0.3 is 24.8 Å². The highest BCUT2D eigenvalue weighted by molar-refractivity contribution is 6.04. The minimum absolute atomic E-state index is 0. The lowest BCUT2D eigenvalue weighted by molar-refractivity contribution is 0.0930. The molecule has 2 aromatic rings. The third-order valence-corrected chi connectivity index (χ3v) is 5.33. The van der Waals surface area contributed by atoms with Crippen LogP contribution < -0.4 is 20.3 Å². The van der Waals surface area contributed by atoms with Crippen molar-refractivity contribution in [2.24, 2.45) is 0 Å². The maximum absolute atomic E-state index is 13.2. The fraction of sp³-hybridized carbons (Fsp3) is 0.500. The topological polar surface area (TPSA) is 79.6 Å². The third-order valence-electron chi connectivity index (χ3n) is 5.33. The van der Waals surface area contributed by atoms with Crippen molar-refractivity contribution in [1.82, 2.24) is 15.8 Å². The number of hydrogen-bond donors (Lipinski definition) is 2. The predicted octanol–water partition coefficient (Wildman–Crippen LogP) is 2.85. The van der Waals surface area contributed by atoms with E-state index in [-0.39, 0.29) is 24.4 Å². The number of amides is 1. The van der Waals surface area contributed by atoms with Crippen molar-refractivity contribution in [1.29, 1.82) is 0 Å². The van der Waals surface area contributed by atoms with E-state index in [1.165, 1.54) is 0 Å². The number of hydrogen-bond acceptors (Lipinski definition) is 6. The molecule has 3 heterocycles. The van der Waals surface area contributed by atoms with Gasteiger partial charge in [-0.15, -0.1) is 12.4 Å². The molecule has 0 atom stereocenters. The summed E-state index contributed by atoms with van der Waals surface area (Å²) < 4.78 is 10.9. The Morgan fingerprint density at radius 2 is 1.89 bits per heavy atom. The smallest absolute Gasteiger partial charge is 0.259 e. The lowest BCUT2D eigenvalue weighted by atomic mass is 10.0. The Labute approximate surface area is 171 Å². The van der Waals surface area contributed by atoms with Gasteiger partial charge in [0.1, 0.15) is 11.3 Å². The van der Waals surface area contributed by atoms with E-state index in [2.05, 4.69) is 20.7 Å². The van der Waals surface area contributed by atoms with Crippen LogP contribution in [0.5, 0.6) is 5.75 Å². The molecule has 0 unspecified atom stereocenters. The van der Waals surface area contributed by atoms with Gasteiger partial charge in [-0.25, -0.2) is 0 Å². The van der Waals surface area contributed by atoms with E-state index in [9.17, 15) is 4.79 Å². The molecule has 28 heavy (non-hydrogen) atoms. The van der Waals surface area contributed by atoms with Crippen LogP contribution in [-0.4, -0.2) is 50.4 Å². The van der Waals surface area contributed by atoms with Gasteiger partial charge in [-0.2, -0.15) is 0 Å². The summed E-state index contributed by atoms with van der Waals surface area (Å²) in [6, 6.07) is 7.70. The summed E-state index contributed by atoms with van der Waals surface area (Å²) in [4.78, 5) is 15.3. The van der Waals surface area contributed by atoms with Crippen LogP contribution in [0.15, 0.2) is 28.8 Å². The Balaban J connectivity index is 0.00000225. The van der Waals surface area contributed by atoms with Crippen molar-refractivity contribution < 1.29 is 14.1 Å². The van der Waals surface area contributed by atoms with Crippen molar-refractivity contribution in [3.05, 3.63) is 29.8 Å². The zero-order valence-electron chi connectivity index (χ0n) is 16.1. The van der Waals surface area contributed by atoms with Crippen molar-refractivity contribution in [2.45, 2.75) is 31.7 Å². The van der Waals surface area contributed by atoms with E-state index in [0.717, 1.165) is 63.2 Å². The average molecular weight is 407 g/mol. The van der Waals surface area contributed by atoms with E-state index in [1.54, 1.807) is 7.11 Å². The molecule has 4 rings (SSSR count). The molecule has 0 spiro atoms. The van der Waals surface area contributed by atoms with E-state index >= 15 is 0 Å². The third kappa shape index (κ3) is 4.25. The lowest BCUT2D eigenvalue weighted by Gasteiger charge is -2.24. The van der Waals surface area contributed by atoms with Crippen LogP contribution in [0.3, 0.4) is 0 Å². The van der Waals surface area contributed by atoms with Crippen LogP contribution in [0.4, 0.5) is 5.82 Å². The monoisotopic (exact) mass is 406 g/mol. The number of nitrogens with zero attached hydrogens (tertiary/aromatic N) is 2. The Kier molecular flexibility index (Phi) is 6.80. The van der Waals surface area contributed by atoms with Crippen LogP contribution in [-0.2, 0) is 0 Å². The summed E-state index contributed by atoms with van der Waals surface area (Å²) in [5, 5.41) is 10.8. The molecule has 152 valence electrons. The van der Waals surface area contributed by atoms with Crippen LogP contribution in [0.25, 0.3) is 11.3 Å². The van der Waals surface area contributed by atoms with Gasteiger partial charge in [0.05, 0.1) is 7.11 Å². The first kappa shape index (κ1) is 20.5. The van der Waals surface area contributed by atoms with Gasteiger partial charge in [-0.1, -0.05) is 5.16 Å². The standard InChI is InChI=1S/C20H26N4O3.ClH/c1-26-16-6-4-14(5-7-16)18-17(19(23-27-18)24-12-2-3-13-24)20(25)22-15-8-10-21-11-9-15;/h4-7,15,21H,2-3,8-13H2,1H3,(H,22,25);1H. The van der Waals surface area contributed by atoms with Crippen molar-refractivity contribution >= 4 is 24.1 Å². The number of nitrogens with one attached hydrogen (secondary N) is 2. The predicted molar refractivity (Wildman–Crippen MR) is 111 cm³/mol. The van der Waals surface area contributed by atoms with Gasteiger partial charge in [0, 0.05) is 24.7 Å². The minimum Gasteiger partial charge on any atom is -0.497 e. The summed E-state index contributed by atoms with van der Waals surface area (Å²) in [6.45, 7) is 3.67. The molecule has 0 bridgehead atoms. The second-order valence-electron chi connectivity index (χ2n) is 7.13. The van der Waals surface area contributed by atoms with Crippen molar-refractivity contribution in [2.75, 3.05) is 38.2 Å². The van der Waals surface area contributed by atoms with Gasteiger partial charge >= 0.3 is 0 Å². The number of anilines is 1. The van der Waals surface area contributed by atoms with Gasteiger partial charge in [0.2, 0.25) is 0 Å². The fourth-order valence-electron chi connectivity index (χ4n) is 3.79. The van der Waals surface area contributed by atoms with Crippen LogP contribution in [0, 0.1) is 0 Å². The van der Waals surface area contributed by atoms with E-state index in [1.807, 2.05) is 24.3 Å². The zero-order chi connectivity index (χ0) is 18.6. The van der Waals surface area contributed by atoms with E-state index < -0.39 is 0 Å². The molecule has 1 aromatic carbocycles. The maximum atomic E-state index is 13.2. The second kappa shape index (κ2) is 9.30. The minimum atomic E-state index is -0.101. The molecular formula is C20H27ClN4O3. The van der Waals surface area contributed by atoms with Crippen molar-refractivity contribution in [3.63, 3.8) is 0 Å². The number of carbonyl (C=O) groups is 1.